The molecule has 0 aliphatic carbocycles. The Labute approximate surface area is 162 Å². The first-order valence-electron chi connectivity index (χ1n) is 9.05. The molecular formula is C23H19NO4. The number of ether oxygens (including phenoxy) is 1. The Morgan fingerprint density at radius 2 is 1.82 bits per heavy atom. The maximum atomic E-state index is 12.6. The predicted molar refractivity (Wildman–Crippen MR) is 108 cm³/mol. The minimum Gasteiger partial charge on any atom is -0.462 e. The molecule has 5 heteroatoms. The van der Waals surface area contributed by atoms with Gasteiger partial charge < -0.3 is 14.1 Å². The number of carbonyl (C=O) groups is 2. The molecule has 0 bridgehead atoms. The van der Waals surface area contributed by atoms with E-state index in [1.54, 1.807) is 37.1 Å². The number of esters is 1. The largest absolute Gasteiger partial charge is 0.462 e. The van der Waals surface area contributed by atoms with Gasteiger partial charge in [-0.2, -0.15) is 0 Å². The van der Waals surface area contributed by atoms with Gasteiger partial charge in [-0.25, -0.2) is 4.79 Å². The number of benzene rings is 2. The van der Waals surface area contributed by atoms with Crippen molar-refractivity contribution in [2.45, 2.75) is 6.92 Å². The fourth-order valence-electron chi connectivity index (χ4n) is 3.25. The third-order valence-electron chi connectivity index (χ3n) is 4.68. The number of hydrogen-bond acceptors (Lipinski definition) is 4. The monoisotopic (exact) mass is 373 g/mol. The summed E-state index contributed by atoms with van der Waals surface area (Å²) in [5, 5.41) is 0. The van der Waals surface area contributed by atoms with Crippen molar-refractivity contribution in [3.63, 3.8) is 0 Å². The number of nitrogens with zero attached hydrogens (tertiary/aromatic N) is 1. The van der Waals surface area contributed by atoms with Crippen molar-refractivity contribution in [1.82, 2.24) is 0 Å². The summed E-state index contributed by atoms with van der Waals surface area (Å²) in [6.45, 7) is 2.12. The van der Waals surface area contributed by atoms with E-state index >= 15 is 0 Å². The molecule has 2 heterocycles. The number of carbonyl (C=O) groups excluding carboxylic acids is 2. The van der Waals surface area contributed by atoms with E-state index in [1.807, 2.05) is 48.5 Å². The van der Waals surface area contributed by atoms with Gasteiger partial charge in [0.25, 0.3) is 5.91 Å². The molecule has 0 atom stereocenters. The number of fused-ring (bicyclic) bond motifs is 1. The number of likely N-dealkylation sites (N-methyl/N-ethyl adjacent to an activating group) is 1. The van der Waals surface area contributed by atoms with Crippen LogP contribution in [0, 0.1) is 0 Å². The average molecular weight is 373 g/mol. The van der Waals surface area contributed by atoms with Gasteiger partial charge in [0.2, 0.25) is 0 Å². The molecule has 0 fully saturated rings. The number of amides is 1. The van der Waals surface area contributed by atoms with E-state index in [2.05, 4.69) is 0 Å². The third kappa shape index (κ3) is 3.11. The molecule has 3 aromatic rings. The third-order valence-corrected chi connectivity index (χ3v) is 4.68. The highest BCUT2D eigenvalue weighted by Crippen LogP contribution is 2.37. The molecule has 2 aromatic carbocycles. The molecule has 0 saturated heterocycles. The quantitative estimate of drug-likeness (QED) is 0.494. The van der Waals surface area contributed by atoms with Gasteiger partial charge in [0.05, 0.1) is 23.4 Å². The summed E-state index contributed by atoms with van der Waals surface area (Å²) in [4.78, 5) is 26.0. The lowest BCUT2D eigenvalue weighted by Crippen LogP contribution is -2.20. The summed E-state index contributed by atoms with van der Waals surface area (Å²) < 4.78 is 10.9. The summed E-state index contributed by atoms with van der Waals surface area (Å²) in [7, 11) is 1.76. The van der Waals surface area contributed by atoms with Crippen LogP contribution in [0.2, 0.25) is 0 Å². The molecule has 1 aliphatic rings. The predicted octanol–water partition coefficient (Wildman–Crippen LogP) is 4.64. The zero-order chi connectivity index (χ0) is 19.7. The van der Waals surface area contributed by atoms with Crippen LogP contribution in [0.3, 0.4) is 0 Å². The molecule has 4 rings (SSSR count). The molecule has 0 spiro atoms. The Morgan fingerprint density at radius 1 is 1.07 bits per heavy atom. The van der Waals surface area contributed by atoms with E-state index in [1.165, 1.54) is 0 Å². The number of para-hydroxylation sites is 1. The second-order valence-corrected chi connectivity index (χ2v) is 6.44. The maximum Gasteiger partial charge on any atom is 0.338 e. The second kappa shape index (κ2) is 7.19. The molecule has 1 amide bonds. The topological polar surface area (TPSA) is 59.8 Å². The smallest absolute Gasteiger partial charge is 0.338 e. The van der Waals surface area contributed by atoms with Gasteiger partial charge in [-0.05, 0) is 43.3 Å². The molecule has 0 radical (unpaired) electrons. The van der Waals surface area contributed by atoms with E-state index < -0.39 is 0 Å². The Hall–Kier alpha value is -3.60. The van der Waals surface area contributed by atoms with Crippen LogP contribution >= 0.6 is 0 Å². The lowest BCUT2D eigenvalue weighted by molar-refractivity contribution is -0.112. The lowest BCUT2D eigenvalue weighted by Gasteiger charge is -2.07. The van der Waals surface area contributed by atoms with Crippen LogP contribution in [0.5, 0.6) is 0 Å². The SMILES string of the molecule is CCOC(=O)c1ccc(-c2ccc(/C=C3\C(=O)N(C)c4ccccc43)o2)cc1. The van der Waals surface area contributed by atoms with Crippen molar-refractivity contribution in [2.75, 3.05) is 18.6 Å². The summed E-state index contributed by atoms with van der Waals surface area (Å²) in [6, 6.07) is 18.4. The number of rotatable bonds is 4. The first kappa shape index (κ1) is 17.8. The van der Waals surface area contributed by atoms with Crippen LogP contribution < -0.4 is 4.90 Å². The van der Waals surface area contributed by atoms with Crippen LogP contribution in [-0.4, -0.2) is 25.5 Å². The Balaban J connectivity index is 1.61. The molecule has 0 N–H and O–H groups in total. The summed E-state index contributed by atoms with van der Waals surface area (Å²) in [5.41, 5.74) is 3.73. The highest BCUT2D eigenvalue weighted by Gasteiger charge is 2.29. The highest BCUT2D eigenvalue weighted by atomic mass is 16.5. The maximum absolute atomic E-state index is 12.6. The normalized spacial score (nSPS) is 14.4. The fraction of sp³-hybridized carbons (Fsp3) is 0.130. The Kier molecular flexibility index (Phi) is 4.57. The number of hydrogen-bond donors (Lipinski definition) is 0. The molecule has 140 valence electrons. The standard InChI is InChI=1S/C23H19NO4/c1-3-27-23(26)16-10-8-15(9-11-16)21-13-12-17(28-21)14-19-18-6-4-5-7-20(18)24(2)22(19)25/h4-14H,3H2,1-2H3/b19-14-. The zero-order valence-corrected chi connectivity index (χ0v) is 15.6. The minimum atomic E-state index is -0.346. The Bertz CT molecular complexity index is 1080. The van der Waals surface area contributed by atoms with Gasteiger partial charge in [-0.15, -0.1) is 0 Å². The van der Waals surface area contributed by atoms with Crippen LogP contribution in [0.1, 0.15) is 28.6 Å². The summed E-state index contributed by atoms with van der Waals surface area (Å²) in [5.74, 6) is 0.853. The summed E-state index contributed by atoms with van der Waals surface area (Å²) in [6.07, 6.45) is 1.77. The van der Waals surface area contributed by atoms with Crippen LogP contribution in [-0.2, 0) is 9.53 Å². The lowest BCUT2D eigenvalue weighted by atomic mass is 10.1. The van der Waals surface area contributed by atoms with E-state index in [0.29, 0.717) is 29.3 Å². The first-order valence-corrected chi connectivity index (χ1v) is 9.05. The van der Waals surface area contributed by atoms with Crippen molar-refractivity contribution in [3.8, 4) is 11.3 Å². The first-order chi connectivity index (χ1) is 13.6. The molecule has 0 unspecified atom stereocenters. The number of anilines is 1. The van der Waals surface area contributed by atoms with E-state index in [-0.39, 0.29) is 11.9 Å². The van der Waals surface area contributed by atoms with Crippen LogP contribution in [0.25, 0.3) is 23.0 Å². The summed E-state index contributed by atoms with van der Waals surface area (Å²) >= 11 is 0. The van der Waals surface area contributed by atoms with Crippen molar-refractivity contribution < 1.29 is 18.7 Å². The second-order valence-electron chi connectivity index (χ2n) is 6.44. The Morgan fingerprint density at radius 3 is 2.57 bits per heavy atom. The molecular weight excluding hydrogens is 354 g/mol. The van der Waals surface area contributed by atoms with E-state index in [0.717, 1.165) is 16.8 Å². The van der Waals surface area contributed by atoms with Crippen molar-refractivity contribution >= 4 is 29.2 Å². The molecule has 0 saturated carbocycles. The van der Waals surface area contributed by atoms with Gasteiger partial charge >= 0.3 is 5.97 Å². The van der Waals surface area contributed by atoms with Gasteiger partial charge in [-0.1, -0.05) is 30.3 Å². The van der Waals surface area contributed by atoms with E-state index in [9.17, 15) is 9.59 Å². The molecule has 5 nitrogen and oxygen atoms in total. The van der Waals surface area contributed by atoms with Gasteiger partial charge in [0.15, 0.2) is 0 Å². The van der Waals surface area contributed by atoms with Crippen molar-refractivity contribution in [3.05, 3.63) is 77.6 Å². The molecule has 28 heavy (non-hydrogen) atoms. The zero-order valence-electron chi connectivity index (χ0n) is 15.6. The van der Waals surface area contributed by atoms with Gasteiger partial charge in [0.1, 0.15) is 11.5 Å². The van der Waals surface area contributed by atoms with Crippen LogP contribution in [0.4, 0.5) is 5.69 Å². The highest BCUT2D eigenvalue weighted by molar-refractivity contribution is 6.35. The van der Waals surface area contributed by atoms with Gasteiger partial charge in [0, 0.05) is 18.2 Å². The van der Waals surface area contributed by atoms with Crippen molar-refractivity contribution in [2.24, 2.45) is 0 Å². The average Bonchev–Trinajstić information content (AvgIpc) is 3.28. The minimum absolute atomic E-state index is 0.0575. The van der Waals surface area contributed by atoms with Crippen LogP contribution in [0.15, 0.2) is 65.1 Å². The molecule has 1 aromatic heterocycles. The van der Waals surface area contributed by atoms with Gasteiger partial charge in [-0.3, -0.25) is 4.79 Å². The molecule has 1 aliphatic heterocycles. The number of furan rings is 1. The van der Waals surface area contributed by atoms with Crippen molar-refractivity contribution in [1.29, 1.82) is 0 Å². The van der Waals surface area contributed by atoms with E-state index in [4.69, 9.17) is 9.15 Å². The fourth-order valence-corrected chi connectivity index (χ4v) is 3.25.